The summed E-state index contributed by atoms with van der Waals surface area (Å²) in [6.45, 7) is 14.5. The zero-order valence-corrected chi connectivity index (χ0v) is 22.0. The number of rotatable bonds is 1. The van der Waals surface area contributed by atoms with E-state index in [1.54, 1.807) is 5.57 Å². The van der Waals surface area contributed by atoms with Crippen molar-refractivity contribution in [1.29, 1.82) is 0 Å². The highest BCUT2D eigenvalue weighted by atomic mass is 16.3. The van der Waals surface area contributed by atoms with Gasteiger partial charge in [-0.25, -0.2) is 0 Å². The molecule has 3 N–H and O–H groups in total. The molecule has 0 aliphatic heterocycles. The third kappa shape index (κ3) is 2.67. The van der Waals surface area contributed by atoms with E-state index in [1.807, 2.05) is 13.0 Å². The Hall–Kier alpha value is -1.32. The van der Waals surface area contributed by atoms with Crippen LogP contribution in [0.3, 0.4) is 0 Å². The van der Waals surface area contributed by atoms with Gasteiger partial charge in [0.2, 0.25) is 0 Å². The van der Waals surface area contributed by atoms with E-state index in [1.165, 1.54) is 44.1 Å². The molecule has 9 atom stereocenters. The minimum atomic E-state index is -0.900. The van der Waals surface area contributed by atoms with Crippen molar-refractivity contribution in [2.75, 3.05) is 0 Å². The van der Waals surface area contributed by atoms with Gasteiger partial charge in [0.15, 0.2) is 0 Å². The third-order valence-electron chi connectivity index (χ3n) is 12.7. The van der Waals surface area contributed by atoms with Crippen molar-refractivity contribution in [3.8, 4) is 0 Å². The maximum absolute atomic E-state index is 10.6. The quantitative estimate of drug-likeness (QED) is 0.400. The first kappa shape index (κ1) is 23.1. The van der Waals surface area contributed by atoms with Gasteiger partial charge in [0.1, 0.15) is 11.9 Å². The van der Waals surface area contributed by atoms with Crippen LogP contribution >= 0.6 is 0 Å². The standard InChI is InChI=1S/C31H44O3/c1-18-19-7-8-24-29(4,20(19)15-23(33)26(18)34)12-14-31(6)25-17-28(3,21-16-22(21)32)10-9-27(25,2)11-13-30(24,31)5/h7-8,15,21-23,25,32-34H,9-14,16-17H2,1-6H3/t21?,22?,23?,25-,27-,28-,29+,30-,31+/m1/s1. The van der Waals surface area contributed by atoms with Gasteiger partial charge in [0, 0.05) is 5.41 Å². The summed E-state index contributed by atoms with van der Waals surface area (Å²) in [4.78, 5) is 0. The summed E-state index contributed by atoms with van der Waals surface area (Å²) in [6.07, 6.45) is 15.2. The molecule has 0 saturated heterocycles. The number of allylic oxidation sites excluding steroid dienone is 6. The lowest BCUT2D eigenvalue weighted by Gasteiger charge is -2.70. The lowest BCUT2D eigenvalue weighted by Crippen LogP contribution is -2.61. The number of aliphatic hydroxyl groups is 3. The predicted octanol–water partition coefficient (Wildman–Crippen LogP) is 6.79. The van der Waals surface area contributed by atoms with Crippen molar-refractivity contribution in [2.45, 2.75) is 105 Å². The molecule has 6 aliphatic rings. The Balaban J connectivity index is 1.45. The second-order valence-electron chi connectivity index (χ2n) is 14.3. The molecule has 0 heterocycles. The number of hydrogen-bond donors (Lipinski definition) is 3. The van der Waals surface area contributed by atoms with Gasteiger partial charge in [-0.3, -0.25) is 0 Å². The number of fused-ring (bicyclic) bond motifs is 7. The van der Waals surface area contributed by atoms with E-state index in [4.69, 9.17) is 0 Å². The average Bonchev–Trinajstić information content (AvgIpc) is 3.53. The smallest absolute Gasteiger partial charge is 0.130 e. The van der Waals surface area contributed by atoms with Gasteiger partial charge in [0.05, 0.1) is 6.10 Å². The first-order chi connectivity index (χ1) is 15.8. The SMILES string of the molecule is CC1=C(O)C(O)C=C2C1=CC=C1[C@@]2(C)CC[C@@]2(C)[C@@H]3C[C@](C)(C4CC4O)CC[C@]3(C)CC[C@]12C. The van der Waals surface area contributed by atoms with E-state index < -0.39 is 6.10 Å². The average molecular weight is 465 g/mol. The molecule has 6 rings (SSSR count). The Morgan fingerprint density at radius 1 is 0.853 bits per heavy atom. The van der Waals surface area contributed by atoms with Gasteiger partial charge >= 0.3 is 0 Å². The maximum Gasteiger partial charge on any atom is 0.130 e. The normalized spacial score (nSPS) is 54.1. The zero-order valence-electron chi connectivity index (χ0n) is 22.0. The van der Waals surface area contributed by atoms with Crippen molar-refractivity contribution >= 4 is 0 Å². The molecule has 34 heavy (non-hydrogen) atoms. The van der Waals surface area contributed by atoms with Crippen LogP contribution in [0.25, 0.3) is 0 Å². The number of aliphatic hydroxyl groups excluding tert-OH is 3. The second-order valence-corrected chi connectivity index (χ2v) is 14.3. The van der Waals surface area contributed by atoms with Crippen molar-refractivity contribution in [1.82, 2.24) is 0 Å². The molecule has 0 aromatic carbocycles. The van der Waals surface area contributed by atoms with Gasteiger partial charge in [-0.2, -0.15) is 0 Å². The van der Waals surface area contributed by atoms with Crippen LogP contribution in [0.5, 0.6) is 0 Å². The van der Waals surface area contributed by atoms with Crippen molar-refractivity contribution < 1.29 is 15.3 Å². The van der Waals surface area contributed by atoms with Crippen LogP contribution in [0.4, 0.5) is 0 Å². The van der Waals surface area contributed by atoms with Gasteiger partial charge in [-0.15, -0.1) is 0 Å². The van der Waals surface area contributed by atoms with Gasteiger partial charge in [-0.05, 0) is 115 Å². The fourth-order valence-electron chi connectivity index (χ4n) is 9.87. The van der Waals surface area contributed by atoms with E-state index in [9.17, 15) is 15.3 Å². The molecule has 4 fully saturated rings. The molecule has 3 heteroatoms. The maximum atomic E-state index is 10.6. The van der Waals surface area contributed by atoms with Crippen molar-refractivity contribution in [3.63, 3.8) is 0 Å². The highest BCUT2D eigenvalue weighted by Gasteiger charge is 2.68. The molecule has 3 nitrogen and oxygen atoms in total. The summed E-state index contributed by atoms with van der Waals surface area (Å²) in [5.74, 6) is 1.26. The van der Waals surface area contributed by atoms with Crippen LogP contribution in [-0.2, 0) is 0 Å². The molecule has 4 saturated carbocycles. The summed E-state index contributed by atoms with van der Waals surface area (Å²) in [6, 6.07) is 0. The fourth-order valence-corrected chi connectivity index (χ4v) is 9.87. The minimum Gasteiger partial charge on any atom is -0.509 e. The van der Waals surface area contributed by atoms with Gasteiger partial charge in [0.25, 0.3) is 0 Å². The topological polar surface area (TPSA) is 60.7 Å². The van der Waals surface area contributed by atoms with Crippen molar-refractivity contribution in [2.24, 2.45) is 38.9 Å². The molecular formula is C31H44O3. The largest absolute Gasteiger partial charge is 0.509 e. The Kier molecular flexibility index (Phi) is 4.56. The summed E-state index contributed by atoms with van der Waals surface area (Å²) < 4.78 is 0. The Bertz CT molecular complexity index is 1080. The summed E-state index contributed by atoms with van der Waals surface area (Å²) in [5.41, 5.74) is 5.59. The summed E-state index contributed by atoms with van der Waals surface area (Å²) in [7, 11) is 0. The van der Waals surface area contributed by atoms with Crippen molar-refractivity contribution in [3.05, 3.63) is 46.3 Å². The summed E-state index contributed by atoms with van der Waals surface area (Å²) >= 11 is 0. The Morgan fingerprint density at radius 2 is 1.50 bits per heavy atom. The minimum absolute atomic E-state index is 0.0752. The van der Waals surface area contributed by atoms with E-state index in [0.717, 1.165) is 24.0 Å². The Morgan fingerprint density at radius 3 is 2.18 bits per heavy atom. The highest BCUT2D eigenvalue weighted by molar-refractivity contribution is 5.62. The van der Waals surface area contributed by atoms with Crippen LogP contribution in [-0.4, -0.2) is 27.5 Å². The second kappa shape index (κ2) is 6.71. The van der Waals surface area contributed by atoms with Gasteiger partial charge in [-0.1, -0.05) is 52.3 Å². The molecule has 186 valence electrons. The predicted molar refractivity (Wildman–Crippen MR) is 136 cm³/mol. The lowest BCUT2D eigenvalue weighted by molar-refractivity contribution is -0.165. The van der Waals surface area contributed by atoms with E-state index >= 15 is 0 Å². The van der Waals surface area contributed by atoms with Crippen LogP contribution in [0.2, 0.25) is 0 Å². The molecule has 0 bridgehead atoms. The van der Waals surface area contributed by atoms with Gasteiger partial charge < -0.3 is 15.3 Å². The molecule has 0 radical (unpaired) electrons. The lowest BCUT2D eigenvalue weighted by atomic mass is 9.34. The zero-order chi connectivity index (χ0) is 24.5. The van der Waals surface area contributed by atoms with Crippen LogP contribution in [0, 0.1) is 38.9 Å². The van der Waals surface area contributed by atoms with Crippen LogP contribution < -0.4 is 0 Å². The van der Waals surface area contributed by atoms with E-state index in [2.05, 4.69) is 46.8 Å². The Labute approximate surface area is 205 Å². The first-order valence-electron chi connectivity index (χ1n) is 13.7. The molecular weight excluding hydrogens is 420 g/mol. The van der Waals surface area contributed by atoms with Crippen LogP contribution in [0.15, 0.2) is 46.3 Å². The monoisotopic (exact) mass is 464 g/mol. The molecule has 3 unspecified atom stereocenters. The van der Waals surface area contributed by atoms with E-state index in [-0.39, 0.29) is 33.5 Å². The first-order valence-corrected chi connectivity index (χ1v) is 13.7. The molecule has 0 spiro atoms. The number of hydrogen-bond acceptors (Lipinski definition) is 3. The molecule has 6 aliphatic carbocycles. The third-order valence-corrected chi connectivity index (χ3v) is 12.7. The van der Waals surface area contributed by atoms with Crippen LogP contribution in [0.1, 0.15) is 92.9 Å². The summed E-state index contributed by atoms with van der Waals surface area (Å²) in [5, 5.41) is 31.4. The molecule has 0 aromatic heterocycles. The molecule has 0 aromatic rings. The van der Waals surface area contributed by atoms with E-state index in [0.29, 0.717) is 17.3 Å². The highest BCUT2D eigenvalue weighted by Crippen LogP contribution is 2.76. The fraction of sp³-hybridized carbons (Fsp3) is 0.742. The molecule has 0 amide bonds.